The van der Waals surface area contributed by atoms with Gasteiger partial charge in [-0.05, 0) is 61.2 Å². The zero-order valence-corrected chi connectivity index (χ0v) is 23.5. The molecule has 2 aromatic heterocycles. The number of thiazole rings is 1. The van der Waals surface area contributed by atoms with E-state index in [1.165, 1.54) is 39.1 Å². The van der Waals surface area contributed by atoms with E-state index in [1.54, 1.807) is 11.8 Å². The monoisotopic (exact) mass is 584 g/mol. The molecule has 0 radical (unpaired) electrons. The maximum atomic E-state index is 13.6. The van der Waals surface area contributed by atoms with E-state index in [4.69, 9.17) is 4.98 Å². The molecular formula is C27H25FN4O4S3. The molecule has 0 spiro atoms. The summed E-state index contributed by atoms with van der Waals surface area (Å²) in [5, 5.41) is 4.43. The van der Waals surface area contributed by atoms with Gasteiger partial charge >= 0.3 is 0 Å². The number of nitrogens with zero attached hydrogens (tertiary/aromatic N) is 3. The summed E-state index contributed by atoms with van der Waals surface area (Å²) >= 11 is 2.95. The number of carbonyl (C=O) groups is 2. The Labute approximate surface area is 233 Å². The summed E-state index contributed by atoms with van der Waals surface area (Å²) in [6, 6.07) is 11.6. The number of fused-ring (bicyclic) bond motifs is 2. The first-order valence-electron chi connectivity index (χ1n) is 12.6. The highest BCUT2D eigenvalue weighted by Gasteiger charge is 2.40. The maximum absolute atomic E-state index is 13.6. The summed E-state index contributed by atoms with van der Waals surface area (Å²) in [4.78, 5) is 33.3. The van der Waals surface area contributed by atoms with Gasteiger partial charge in [-0.1, -0.05) is 12.1 Å². The molecule has 0 aliphatic carbocycles. The molecule has 0 bridgehead atoms. The lowest BCUT2D eigenvalue weighted by atomic mass is 10.0. The fraction of sp³-hybridized carbons (Fsp3) is 0.296. The van der Waals surface area contributed by atoms with Crippen LogP contribution in [0, 0.1) is 5.82 Å². The third kappa shape index (κ3) is 4.75. The van der Waals surface area contributed by atoms with E-state index in [2.05, 4.69) is 5.32 Å². The van der Waals surface area contributed by atoms with Crippen LogP contribution in [0.15, 0.2) is 53.4 Å². The Morgan fingerprint density at radius 3 is 2.59 bits per heavy atom. The Bertz CT molecular complexity index is 1660. The number of carbonyl (C=O) groups excluding carboxylic acids is 2. The molecular weight excluding hydrogens is 560 g/mol. The predicted octanol–water partition coefficient (Wildman–Crippen LogP) is 4.86. The highest BCUT2D eigenvalue weighted by Crippen LogP contribution is 2.46. The number of benzene rings is 2. The molecule has 1 atom stereocenters. The van der Waals surface area contributed by atoms with Gasteiger partial charge in [-0.2, -0.15) is 4.31 Å². The number of aromatic nitrogens is 1. The summed E-state index contributed by atoms with van der Waals surface area (Å²) in [6.45, 7) is 2.79. The lowest BCUT2D eigenvalue weighted by molar-refractivity contribution is -0.129. The van der Waals surface area contributed by atoms with Gasteiger partial charge in [0.2, 0.25) is 21.8 Å². The zero-order valence-electron chi connectivity index (χ0n) is 21.0. The highest BCUT2D eigenvalue weighted by molar-refractivity contribution is 7.89. The molecule has 6 rings (SSSR count). The zero-order chi connectivity index (χ0) is 27.3. The van der Waals surface area contributed by atoms with E-state index in [1.807, 2.05) is 24.3 Å². The van der Waals surface area contributed by atoms with Crippen molar-refractivity contribution < 1.29 is 22.4 Å². The second-order valence-corrected chi connectivity index (χ2v) is 13.6. The number of nitrogens with one attached hydrogen (secondary N) is 1. The molecule has 4 aromatic rings. The number of hydrogen-bond donors (Lipinski definition) is 1. The quantitative estimate of drug-likeness (QED) is 0.361. The van der Waals surface area contributed by atoms with Crippen LogP contribution in [0.1, 0.15) is 30.2 Å². The van der Waals surface area contributed by atoms with Crippen LogP contribution in [0.5, 0.6) is 0 Å². The number of para-hydroxylation sites is 1. The molecule has 39 heavy (non-hydrogen) atoms. The lowest BCUT2D eigenvalue weighted by Gasteiger charge is -2.26. The van der Waals surface area contributed by atoms with Crippen molar-refractivity contribution in [2.24, 2.45) is 0 Å². The third-order valence-electron chi connectivity index (χ3n) is 7.17. The van der Waals surface area contributed by atoms with Gasteiger partial charge in [0.1, 0.15) is 21.9 Å². The van der Waals surface area contributed by atoms with Crippen LogP contribution >= 0.6 is 22.7 Å². The maximum Gasteiger partial charge on any atom is 0.243 e. The van der Waals surface area contributed by atoms with Gasteiger partial charge in [-0.25, -0.2) is 17.8 Å². The minimum absolute atomic E-state index is 0.00577. The van der Waals surface area contributed by atoms with Crippen LogP contribution < -0.4 is 5.32 Å². The van der Waals surface area contributed by atoms with Gasteiger partial charge in [0.05, 0.1) is 21.7 Å². The molecule has 2 aliphatic rings. The Kier molecular flexibility index (Phi) is 6.74. The van der Waals surface area contributed by atoms with Gasteiger partial charge < -0.3 is 10.2 Å². The summed E-state index contributed by atoms with van der Waals surface area (Å²) in [5.41, 5.74) is 2.77. The highest BCUT2D eigenvalue weighted by atomic mass is 32.2. The molecule has 0 saturated carbocycles. The molecule has 12 heteroatoms. The number of anilines is 1. The summed E-state index contributed by atoms with van der Waals surface area (Å²) < 4.78 is 42.3. The van der Waals surface area contributed by atoms with Gasteiger partial charge in [-0.3, -0.25) is 9.59 Å². The van der Waals surface area contributed by atoms with Gasteiger partial charge in [0.15, 0.2) is 0 Å². The van der Waals surface area contributed by atoms with Gasteiger partial charge in [0, 0.05) is 30.5 Å². The van der Waals surface area contributed by atoms with Crippen molar-refractivity contribution in [3.05, 3.63) is 64.8 Å². The summed E-state index contributed by atoms with van der Waals surface area (Å²) in [7, 11) is -3.99. The fourth-order valence-corrected chi connectivity index (χ4v) is 9.23. The van der Waals surface area contributed by atoms with E-state index in [9.17, 15) is 22.4 Å². The van der Waals surface area contributed by atoms with E-state index in [0.29, 0.717) is 37.4 Å². The van der Waals surface area contributed by atoms with E-state index in [0.717, 1.165) is 43.4 Å². The molecule has 8 nitrogen and oxygen atoms in total. The number of hydrogen-bond acceptors (Lipinski definition) is 7. The molecule has 2 amide bonds. The minimum atomic E-state index is -3.99. The number of sulfonamides is 1. The fourth-order valence-electron chi connectivity index (χ4n) is 5.19. The summed E-state index contributed by atoms with van der Waals surface area (Å²) in [5.74, 6) is -0.951. The largest absolute Gasteiger partial charge is 0.337 e. The molecule has 1 saturated heterocycles. The Morgan fingerprint density at radius 2 is 1.85 bits per heavy atom. The standard InChI is InChI=1S/C27H25FN4O4S3/c1-16(33)31-14-12-19-23(15-31)38-27(24(19)26-29-20-5-2-3-7-22(20)37-26)30-25(34)21-6-4-13-32(21)39(35,36)18-10-8-17(28)9-11-18/h2-3,5,7-11,21H,4,6,12-15H2,1H3,(H,30,34). The van der Waals surface area contributed by atoms with Crippen LogP contribution in [-0.2, 0) is 32.6 Å². The first kappa shape index (κ1) is 26.1. The molecule has 1 N–H and O–H groups in total. The van der Waals surface area contributed by atoms with E-state index >= 15 is 0 Å². The predicted molar refractivity (Wildman–Crippen MR) is 150 cm³/mol. The average Bonchev–Trinajstić information content (AvgIpc) is 3.64. The van der Waals surface area contributed by atoms with Crippen molar-refractivity contribution in [1.82, 2.24) is 14.2 Å². The van der Waals surface area contributed by atoms with Crippen molar-refractivity contribution in [3.63, 3.8) is 0 Å². The second-order valence-electron chi connectivity index (χ2n) is 9.60. The van der Waals surface area contributed by atoms with Crippen molar-refractivity contribution in [3.8, 4) is 10.6 Å². The van der Waals surface area contributed by atoms with Crippen LogP contribution in [0.25, 0.3) is 20.8 Å². The molecule has 4 heterocycles. The molecule has 1 unspecified atom stereocenters. The molecule has 2 aromatic carbocycles. The van der Waals surface area contributed by atoms with Crippen LogP contribution in [0.2, 0.25) is 0 Å². The van der Waals surface area contributed by atoms with Crippen LogP contribution in [0.4, 0.5) is 9.39 Å². The first-order chi connectivity index (χ1) is 18.7. The van der Waals surface area contributed by atoms with Crippen molar-refractivity contribution in [1.29, 1.82) is 0 Å². The molecule has 202 valence electrons. The van der Waals surface area contributed by atoms with E-state index < -0.39 is 27.8 Å². The van der Waals surface area contributed by atoms with Crippen LogP contribution in [0.3, 0.4) is 0 Å². The number of rotatable bonds is 5. The Hall–Kier alpha value is -3.19. The normalized spacial score (nSPS) is 17.9. The average molecular weight is 585 g/mol. The smallest absolute Gasteiger partial charge is 0.243 e. The second kappa shape index (κ2) is 10.1. The van der Waals surface area contributed by atoms with Gasteiger partial charge in [0.25, 0.3) is 0 Å². The Morgan fingerprint density at radius 1 is 1.08 bits per heavy atom. The number of halogens is 1. The molecule has 2 aliphatic heterocycles. The van der Waals surface area contributed by atoms with E-state index in [-0.39, 0.29) is 17.3 Å². The Balaban J connectivity index is 1.35. The SMILES string of the molecule is CC(=O)N1CCc2c(sc(NC(=O)C3CCCN3S(=O)(=O)c3ccc(F)cc3)c2-c2nc3ccccc3s2)C1. The van der Waals surface area contributed by atoms with Crippen molar-refractivity contribution in [2.75, 3.05) is 18.4 Å². The topological polar surface area (TPSA) is 99.7 Å². The number of thiophene rings is 1. The third-order valence-corrected chi connectivity index (χ3v) is 11.3. The first-order valence-corrected chi connectivity index (χ1v) is 15.6. The van der Waals surface area contributed by atoms with Crippen molar-refractivity contribution in [2.45, 2.75) is 43.7 Å². The van der Waals surface area contributed by atoms with Crippen LogP contribution in [-0.4, -0.2) is 53.6 Å². The van der Waals surface area contributed by atoms with Crippen molar-refractivity contribution >= 4 is 59.7 Å². The molecule has 1 fully saturated rings. The summed E-state index contributed by atoms with van der Waals surface area (Å²) in [6.07, 6.45) is 1.56. The minimum Gasteiger partial charge on any atom is -0.337 e. The van der Waals surface area contributed by atoms with Gasteiger partial charge in [-0.15, -0.1) is 22.7 Å². The lowest BCUT2D eigenvalue weighted by Crippen LogP contribution is -2.43. The number of amides is 2.